The maximum absolute atomic E-state index is 9.91. The topological polar surface area (TPSA) is 20.2 Å². The molecule has 0 aromatic heterocycles. The average Bonchev–Trinajstić information content (AvgIpc) is 1.84. The molecule has 0 bridgehead atoms. The van der Waals surface area contributed by atoms with Gasteiger partial charge in [-0.1, -0.05) is 41.5 Å². The minimum absolute atomic E-state index is 0.000486. The van der Waals surface area contributed by atoms with Gasteiger partial charge in [0.25, 0.3) is 0 Å². The van der Waals surface area contributed by atoms with Gasteiger partial charge in [-0.15, -0.1) is 0 Å². The van der Waals surface area contributed by atoms with Crippen molar-refractivity contribution in [3.05, 3.63) is 0 Å². The van der Waals surface area contributed by atoms with Crippen molar-refractivity contribution in [3.63, 3.8) is 0 Å². The number of aliphatic hydroxyl groups is 1. The molecule has 0 aromatic rings. The number of hydrogen-bond acceptors (Lipinski definition) is 1. The summed E-state index contributed by atoms with van der Waals surface area (Å²) >= 11 is 0. The van der Waals surface area contributed by atoms with Gasteiger partial charge in [0.1, 0.15) is 0 Å². The van der Waals surface area contributed by atoms with Crippen LogP contribution in [0.2, 0.25) is 0 Å². The summed E-state index contributed by atoms with van der Waals surface area (Å²) < 4.78 is 0. The maximum atomic E-state index is 9.91. The van der Waals surface area contributed by atoms with E-state index in [9.17, 15) is 5.11 Å². The van der Waals surface area contributed by atoms with Crippen LogP contribution in [0.1, 0.15) is 48.0 Å². The Morgan fingerprint density at radius 2 is 1.45 bits per heavy atom. The van der Waals surface area contributed by atoms with Gasteiger partial charge in [0, 0.05) is 0 Å². The molecule has 1 unspecified atom stereocenters. The van der Waals surface area contributed by atoms with Gasteiger partial charge in [0.15, 0.2) is 0 Å². The Hall–Kier alpha value is -0.0400. The largest absolute Gasteiger partial charge is 0.392 e. The third-order valence-corrected chi connectivity index (χ3v) is 2.47. The fourth-order valence-electron chi connectivity index (χ4n) is 1.37. The molecular weight excluding hydrogens is 136 g/mol. The molecule has 1 atom stereocenters. The van der Waals surface area contributed by atoms with Crippen LogP contribution in [-0.2, 0) is 0 Å². The second-order valence-corrected chi connectivity index (χ2v) is 5.11. The molecule has 0 fully saturated rings. The van der Waals surface area contributed by atoms with Crippen molar-refractivity contribution in [2.45, 2.75) is 54.1 Å². The Morgan fingerprint density at radius 3 is 1.55 bits per heavy atom. The molecule has 0 aromatic carbocycles. The SMILES string of the molecule is CCC(C)(C)C(O)C(C)(C)C. The second kappa shape index (κ2) is 3.14. The van der Waals surface area contributed by atoms with Crippen molar-refractivity contribution < 1.29 is 5.11 Å². The molecule has 1 nitrogen and oxygen atoms in total. The molecule has 1 N–H and O–H groups in total. The van der Waals surface area contributed by atoms with Crippen LogP contribution in [0.15, 0.2) is 0 Å². The zero-order valence-electron chi connectivity index (χ0n) is 8.73. The summed E-state index contributed by atoms with van der Waals surface area (Å²) in [6, 6.07) is 0. The molecule has 11 heavy (non-hydrogen) atoms. The highest BCUT2D eigenvalue weighted by Gasteiger charge is 2.34. The van der Waals surface area contributed by atoms with E-state index in [1.807, 2.05) is 0 Å². The lowest BCUT2D eigenvalue weighted by molar-refractivity contribution is -0.0340. The van der Waals surface area contributed by atoms with Crippen molar-refractivity contribution in [2.24, 2.45) is 10.8 Å². The number of aliphatic hydroxyl groups excluding tert-OH is 1. The molecule has 1 heteroatoms. The highest BCUT2D eigenvalue weighted by Crippen LogP contribution is 2.35. The van der Waals surface area contributed by atoms with E-state index in [1.165, 1.54) is 0 Å². The molecule has 0 saturated carbocycles. The lowest BCUT2D eigenvalue weighted by Gasteiger charge is -2.38. The first kappa shape index (κ1) is 11.0. The Balaban J connectivity index is 4.35. The monoisotopic (exact) mass is 158 g/mol. The first-order chi connectivity index (χ1) is 4.72. The molecule has 0 rings (SSSR count). The van der Waals surface area contributed by atoms with Crippen LogP contribution in [0, 0.1) is 10.8 Å². The molecule has 68 valence electrons. The molecule has 0 aliphatic rings. The Bertz CT molecular complexity index is 119. The molecule has 0 aliphatic carbocycles. The first-order valence-corrected chi connectivity index (χ1v) is 4.40. The fraction of sp³-hybridized carbons (Fsp3) is 1.00. The van der Waals surface area contributed by atoms with E-state index in [1.54, 1.807) is 0 Å². The lowest BCUT2D eigenvalue weighted by Crippen LogP contribution is -2.39. The van der Waals surface area contributed by atoms with E-state index < -0.39 is 0 Å². The summed E-state index contributed by atoms with van der Waals surface area (Å²) in [6.45, 7) is 12.6. The third-order valence-electron chi connectivity index (χ3n) is 2.47. The molecule has 0 saturated heterocycles. The summed E-state index contributed by atoms with van der Waals surface area (Å²) in [5, 5.41) is 9.91. The zero-order valence-corrected chi connectivity index (χ0v) is 8.73. The Morgan fingerprint density at radius 1 is 1.09 bits per heavy atom. The van der Waals surface area contributed by atoms with Crippen molar-refractivity contribution in [3.8, 4) is 0 Å². The molecule has 0 amide bonds. The van der Waals surface area contributed by atoms with Crippen molar-refractivity contribution in [1.82, 2.24) is 0 Å². The maximum Gasteiger partial charge on any atom is 0.0639 e. The van der Waals surface area contributed by atoms with Crippen molar-refractivity contribution in [2.75, 3.05) is 0 Å². The Kier molecular flexibility index (Phi) is 3.13. The fourth-order valence-corrected chi connectivity index (χ4v) is 1.37. The van der Waals surface area contributed by atoms with Gasteiger partial charge in [-0.3, -0.25) is 0 Å². The highest BCUT2D eigenvalue weighted by atomic mass is 16.3. The van der Waals surface area contributed by atoms with Crippen LogP contribution in [0.4, 0.5) is 0 Å². The van der Waals surface area contributed by atoms with Gasteiger partial charge >= 0.3 is 0 Å². The van der Waals surface area contributed by atoms with Gasteiger partial charge < -0.3 is 5.11 Å². The van der Waals surface area contributed by atoms with Gasteiger partial charge in [-0.2, -0.15) is 0 Å². The van der Waals surface area contributed by atoms with Crippen molar-refractivity contribution >= 4 is 0 Å². The van der Waals surface area contributed by atoms with E-state index >= 15 is 0 Å². The highest BCUT2D eigenvalue weighted by molar-refractivity contribution is 4.85. The minimum atomic E-state index is -0.222. The van der Waals surface area contributed by atoms with Gasteiger partial charge in [-0.25, -0.2) is 0 Å². The quantitative estimate of drug-likeness (QED) is 0.655. The van der Waals surface area contributed by atoms with E-state index in [0.29, 0.717) is 0 Å². The molecular formula is C10H22O. The van der Waals surface area contributed by atoms with E-state index in [-0.39, 0.29) is 16.9 Å². The van der Waals surface area contributed by atoms with Gasteiger partial charge in [-0.05, 0) is 17.3 Å². The van der Waals surface area contributed by atoms with Crippen LogP contribution in [0.3, 0.4) is 0 Å². The summed E-state index contributed by atoms with van der Waals surface area (Å²) in [7, 11) is 0. The molecule has 0 heterocycles. The summed E-state index contributed by atoms with van der Waals surface area (Å²) in [6.07, 6.45) is 0.797. The molecule has 0 radical (unpaired) electrons. The molecule has 0 aliphatic heterocycles. The molecule has 0 spiro atoms. The van der Waals surface area contributed by atoms with E-state index in [0.717, 1.165) is 6.42 Å². The smallest absolute Gasteiger partial charge is 0.0639 e. The predicted octanol–water partition coefficient (Wildman–Crippen LogP) is 2.83. The van der Waals surface area contributed by atoms with E-state index in [2.05, 4.69) is 41.5 Å². The lowest BCUT2D eigenvalue weighted by atomic mass is 9.72. The minimum Gasteiger partial charge on any atom is -0.392 e. The normalized spacial score (nSPS) is 16.6. The predicted molar refractivity (Wildman–Crippen MR) is 49.5 cm³/mol. The van der Waals surface area contributed by atoms with Crippen LogP contribution < -0.4 is 0 Å². The van der Waals surface area contributed by atoms with Crippen LogP contribution in [0.5, 0.6) is 0 Å². The van der Waals surface area contributed by atoms with E-state index in [4.69, 9.17) is 0 Å². The summed E-state index contributed by atoms with van der Waals surface area (Å²) in [5.74, 6) is 0. The van der Waals surface area contributed by atoms with Crippen molar-refractivity contribution in [1.29, 1.82) is 0 Å². The number of hydrogen-bond donors (Lipinski definition) is 1. The number of rotatable bonds is 2. The average molecular weight is 158 g/mol. The van der Waals surface area contributed by atoms with Crippen LogP contribution >= 0.6 is 0 Å². The van der Waals surface area contributed by atoms with Gasteiger partial charge in [0.05, 0.1) is 6.10 Å². The third kappa shape index (κ3) is 2.82. The first-order valence-electron chi connectivity index (χ1n) is 4.40. The summed E-state index contributed by atoms with van der Waals surface area (Å²) in [5.41, 5.74) is 0.0394. The Labute approximate surface area is 70.8 Å². The van der Waals surface area contributed by atoms with Crippen LogP contribution in [-0.4, -0.2) is 11.2 Å². The zero-order chi connectivity index (χ0) is 9.28. The van der Waals surface area contributed by atoms with Gasteiger partial charge in [0.2, 0.25) is 0 Å². The summed E-state index contributed by atoms with van der Waals surface area (Å²) in [4.78, 5) is 0. The van der Waals surface area contributed by atoms with Crippen LogP contribution in [0.25, 0.3) is 0 Å². The second-order valence-electron chi connectivity index (χ2n) is 5.11. The standard InChI is InChI=1S/C10H22O/c1-7-10(5,6)8(11)9(2,3)4/h8,11H,7H2,1-6H3.